The zero-order chi connectivity index (χ0) is 14.7. The van der Waals surface area contributed by atoms with Gasteiger partial charge >= 0.3 is 0 Å². The molecule has 3 aromatic rings. The fourth-order valence-electron chi connectivity index (χ4n) is 1.88. The molecule has 0 spiro atoms. The third kappa shape index (κ3) is 2.69. The van der Waals surface area contributed by atoms with Gasteiger partial charge in [-0.3, -0.25) is 0 Å². The maximum absolute atomic E-state index is 9.39. The zero-order valence-electron chi connectivity index (χ0n) is 10.9. The minimum absolute atomic E-state index is 0.147. The second-order valence-corrected chi connectivity index (χ2v) is 4.35. The molecule has 1 heterocycles. The number of nitrogens with one attached hydrogen (secondary N) is 1. The molecule has 0 atom stereocenters. The summed E-state index contributed by atoms with van der Waals surface area (Å²) in [5.74, 6) is 0.403. The Bertz CT molecular complexity index is 826. The number of phenolic OH excluding ortho intramolecular Hbond substituents is 1. The number of hydrogen-bond donors (Lipinski definition) is 2. The number of para-hydroxylation sites is 2. The summed E-state index contributed by atoms with van der Waals surface area (Å²) in [6, 6.07) is 16.0. The molecule has 0 saturated carbocycles. The van der Waals surface area contributed by atoms with Crippen LogP contribution >= 0.6 is 0 Å². The maximum atomic E-state index is 9.39. The van der Waals surface area contributed by atoms with Crippen molar-refractivity contribution in [3.05, 3.63) is 60.6 Å². The van der Waals surface area contributed by atoms with Crippen LogP contribution in [-0.4, -0.2) is 10.1 Å². The van der Waals surface area contributed by atoms with E-state index in [0.29, 0.717) is 16.8 Å². The molecule has 0 bridgehead atoms. The number of aromatic hydroxyl groups is 1. The Morgan fingerprint density at radius 2 is 2.10 bits per heavy atom. The predicted octanol–water partition coefficient (Wildman–Crippen LogP) is 3.51. The second-order valence-electron chi connectivity index (χ2n) is 4.35. The number of hydrogen-bond acceptors (Lipinski definition) is 5. The van der Waals surface area contributed by atoms with E-state index in [-0.39, 0.29) is 17.2 Å². The highest BCUT2D eigenvalue weighted by Gasteiger charge is 2.10. The molecule has 5 heteroatoms. The molecule has 0 aliphatic carbocycles. The lowest BCUT2D eigenvalue weighted by molar-refractivity contribution is 0.475. The number of phenols is 1. The van der Waals surface area contributed by atoms with Gasteiger partial charge in [-0.15, -0.1) is 0 Å². The largest absolute Gasteiger partial charge is 0.508 e. The third-order valence-corrected chi connectivity index (χ3v) is 2.87. The fraction of sp³-hybridized carbons (Fsp3) is 0. The van der Waals surface area contributed by atoms with Crippen LogP contribution in [0.3, 0.4) is 0 Å². The molecular formula is C16H11N3O2. The summed E-state index contributed by atoms with van der Waals surface area (Å²) in [5.41, 5.74) is 2.27. The number of allylic oxidation sites excluding steroid dienone is 1. The van der Waals surface area contributed by atoms with Crippen molar-refractivity contribution in [2.75, 3.05) is 5.32 Å². The summed E-state index contributed by atoms with van der Waals surface area (Å²) >= 11 is 0. The van der Waals surface area contributed by atoms with Gasteiger partial charge in [-0.2, -0.15) is 5.26 Å². The van der Waals surface area contributed by atoms with Gasteiger partial charge in [0.1, 0.15) is 22.9 Å². The van der Waals surface area contributed by atoms with Gasteiger partial charge in [-0.25, -0.2) is 4.98 Å². The first kappa shape index (κ1) is 12.8. The lowest BCUT2D eigenvalue weighted by atomic mass is 10.3. The highest BCUT2D eigenvalue weighted by Crippen LogP contribution is 2.21. The molecule has 0 fully saturated rings. The van der Waals surface area contributed by atoms with Crippen LogP contribution in [0.25, 0.3) is 16.7 Å². The first-order valence-electron chi connectivity index (χ1n) is 6.28. The van der Waals surface area contributed by atoms with Crippen LogP contribution in [0.5, 0.6) is 5.75 Å². The topological polar surface area (TPSA) is 82.1 Å². The van der Waals surface area contributed by atoms with E-state index in [4.69, 9.17) is 4.42 Å². The summed E-state index contributed by atoms with van der Waals surface area (Å²) < 4.78 is 5.54. The molecule has 0 saturated heterocycles. The van der Waals surface area contributed by atoms with Crippen molar-refractivity contribution < 1.29 is 9.52 Å². The van der Waals surface area contributed by atoms with Crippen molar-refractivity contribution in [3.63, 3.8) is 0 Å². The number of rotatable bonds is 3. The monoisotopic (exact) mass is 277 g/mol. The SMILES string of the molecule is N#CC(=CNc1cccc(O)c1)c1nc2ccccc2o1. The minimum atomic E-state index is 0.147. The number of nitrogens with zero attached hydrogens (tertiary/aromatic N) is 2. The Labute approximate surface area is 120 Å². The normalized spacial score (nSPS) is 11.3. The van der Waals surface area contributed by atoms with Gasteiger partial charge in [-0.1, -0.05) is 18.2 Å². The van der Waals surface area contributed by atoms with Gasteiger partial charge < -0.3 is 14.8 Å². The van der Waals surface area contributed by atoms with Gasteiger partial charge in [0.05, 0.1) is 0 Å². The van der Waals surface area contributed by atoms with Crippen molar-refractivity contribution in [2.45, 2.75) is 0 Å². The quantitative estimate of drug-likeness (QED) is 0.716. The highest BCUT2D eigenvalue weighted by molar-refractivity contribution is 5.80. The maximum Gasteiger partial charge on any atom is 0.239 e. The smallest absolute Gasteiger partial charge is 0.239 e. The molecule has 21 heavy (non-hydrogen) atoms. The van der Waals surface area contributed by atoms with Crippen LogP contribution in [0, 0.1) is 11.3 Å². The second kappa shape index (κ2) is 5.39. The van der Waals surface area contributed by atoms with Crippen molar-refractivity contribution >= 4 is 22.4 Å². The van der Waals surface area contributed by atoms with Crippen molar-refractivity contribution in [2.24, 2.45) is 0 Å². The van der Waals surface area contributed by atoms with E-state index in [9.17, 15) is 10.4 Å². The molecule has 0 radical (unpaired) electrons. The number of fused-ring (bicyclic) bond motifs is 1. The number of benzene rings is 2. The van der Waals surface area contributed by atoms with Crippen LogP contribution in [0.15, 0.2) is 59.1 Å². The lowest BCUT2D eigenvalue weighted by Crippen LogP contribution is -1.91. The van der Waals surface area contributed by atoms with Crippen LogP contribution < -0.4 is 5.32 Å². The van der Waals surface area contributed by atoms with E-state index in [1.165, 1.54) is 6.20 Å². The van der Waals surface area contributed by atoms with Crippen LogP contribution in [0.4, 0.5) is 5.69 Å². The van der Waals surface area contributed by atoms with E-state index in [1.54, 1.807) is 30.3 Å². The van der Waals surface area contributed by atoms with Crippen LogP contribution in [0.2, 0.25) is 0 Å². The first-order chi connectivity index (χ1) is 10.3. The molecule has 0 amide bonds. The van der Waals surface area contributed by atoms with Gasteiger partial charge in [0, 0.05) is 18.0 Å². The Kier molecular flexibility index (Phi) is 3.27. The summed E-state index contributed by atoms with van der Waals surface area (Å²) in [4.78, 5) is 4.27. The number of oxazole rings is 1. The standard InChI is InChI=1S/C16H11N3O2/c17-9-11(10-18-12-4-3-5-13(20)8-12)16-19-14-6-1-2-7-15(14)21-16/h1-8,10,18,20H. The van der Waals surface area contributed by atoms with Gasteiger partial charge in [0.15, 0.2) is 5.58 Å². The van der Waals surface area contributed by atoms with E-state index < -0.39 is 0 Å². The average molecular weight is 277 g/mol. The number of anilines is 1. The Hall–Kier alpha value is -3.26. The summed E-state index contributed by atoms with van der Waals surface area (Å²) in [6.07, 6.45) is 1.50. The first-order valence-corrected chi connectivity index (χ1v) is 6.28. The predicted molar refractivity (Wildman–Crippen MR) is 79.3 cm³/mol. The molecule has 5 nitrogen and oxygen atoms in total. The average Bonchev–Trinajstić information content (AvgIpc) is 2.91. The Morgan fingerprint density at radius 3 is 2.86 bits per heavy atom. The fourth-order valence-corrected chi connectivity index (χ4v) is 1.88. The lowest BCUT2D eigenvalue weighted by Gasteiger charge is -2.01. The molecule has 3 rings (SSSR count). The molecule has 0 aliphatic heterocycles. The van der Waals surface area contributed by atoms with E-state index in [0.717, 1.165) is 0 Å². The van der Waals surface area contributed by atoms with Crippen LogP contribution in [-0.2, 0) is 0 Å². The third-order valence-electron chi connectivity index (χ3n) is 2.87. The van der Waals surface area contributed by atoms with Crippen LogP contribution in [0.1, 0.15) is 5.89 Å². The highest BCUT2D eigenvalue weighted by atomic mass is 16.3. The summed E-state index contributed by atoms with van der Waals surface area (Å²) in [5, 5.41) is 21.6. The van der Waals surface area contributed by atoms with Gasteiger partial charge in [0.25, 0.3) is 0 Å². The van der Waals surface area contributed by atoms with Gasteiger partial charge in [0.2, 0.25) is 5.89 Å². The van der Waals surface area contributed by atoms with Gasteiger partial charge in [-0.05, 0) is 24.3 Å². The van der Waals surface area contributed by atoms with E-state index >= 15 is 0 Å². The molecule has 2 N–H and O–H groups in total. The molecule has 1 aromatic heterocycles. The van der Waals surface area contributed by atoms with Crippen molar-refractivity contribution in [1.29, 1.82) is 5.26 Å². The number of nitriles is 1. The zero-order valence-corrected chi connectivity index (χ0v) is 10.9. The number of aromatic nitrogens is 1. The molecular weight excluding hydrogens is 266 g/mol. The molecule has 2 aromatic carbocycles. The molecule has 0 aliphatic rings. The van der Waals surface area contributed by atoms with E-state index in [2.05, 4.69) is 10.3 Å². The van der Waals surface area contributed by atoms with E-state index in [1.807, 2.05) is 24.3 Å². The summed E-state index contributed by atoms with van der Waals surface area (Å²) in [6.45, 7) is 0. The Balaban J connectivity index is 1.91. The minimum Gasteiger partial charge on any atom is -0.508 e. The Morgan fingerprint density at radius 1 is 1.24 bits per heavy atom. The molecule has 102 valence electrons. The van der Waals surface area contributed by atoms with Crippen molar-refractivity contribution in [3.8, 4) is 11.8 Å². The summed E-state index contributed by atoms with van der Waals surface area (Å²) in [7, 11) is 0. The van der Waals surface area contributed by atoms with Crippen molar-refractivity contribution in [1.82, 2.24) is 4.98 Å². The molecule has 0 unspecified atom stereocenters.